The van der Waals surface area contributed by atoms with Crippen molar-refractivity contribution in [2.75, 3.05) is 11.9 Å². The lowest BCUT2D eigenvalue weighted by Gasteiger charge is -2.46. The predicted octanol–water partition coefficient (Wildman–Crippen LogP) is 1.12. The van der Waals surface area contributed by atoms with Crippen LogP contribution in [0.4, 0.5) is 11.4 Å². The summed E-state index contributed by atoms with van der Waals surface area (Å²) in [6.07, 6.45) is 1.22. The Morgan fingerprint density at radius 3 is 2.78 bits per heavy atom. The molecule has 96 valence electrons. The number of hydrogen-bond acceptors (Lipinski definition) is 5. The Morgan fingerprint density at radius 1 is 1.39 bits per heavy atom. The number of non-ortho nitro benzene ring substituents is 1. The fraction of sp³-hybridized carbons (Fsp3) is 0.500. The average Bonchev–Trinajstić information content (AvgIpc) is 2.81. The lowest BCUT2D eigenvalue weighted by Crippen LogP contribution is -2.65. The van der Waals surface area contributed by atoms with Crippen LogP contribution in [0.5, 0.6) is 0 Å². The highest BCUT2D eigenvalue weighted by molar-refractivity contribution is 5.50. The minimum Gasteiger partial charge on any atom is -0.378 e. The van der Waals surface area contributed by atoms with Gasteiger partial charge < -0.3 is 15.8 Å². The molecule has 4 unspecified atom stereocenters. The molecule has 6 nitrogen and oxygen atoms in total. The topological polar surface area (TPSA) is 90.4 Å². The summed E-state index contributed by atoms with van der Waals surface area (Å²) in [6.45, 7) is 0.779. The van der Waals surface area contributed by atoms with Gasteiger partial charge in [0.25, 0.3) is 5.69 Å². The van der Waals surface area contributed by atoms with Gasteiger partial charge in [-0.05, 0) is 18.6 Å². The summed E-state index contributed by atoms with van der Waals surface area (Å²) in [5, 5.41) is 13.8. The van der Waals surface area contributed by atoms with Crippen LogP contribution in [0.3, 0.4) is 0 Å². The van der Waals surface area contributed by atoms with Crippen LogP contribution in [0.25, 0.3) is 0 Å². The minimum atomic E-state index is -0.408. The molecule has 0 spiro atoms. The molecule has 0 bridgehead atoms. The number of nitrogens with one attached hydrogen (secondary N) is 1. The third-order valence-corrected chi connectivity index (χ3v) is 3.86. The van der Waals surface area contributed by atoms with Crippen LogP contribution >= 0.6 is 0 Å². The molecule has 18 heavy (non-hydrogen) atoms. The molecule has 2 fully saturated rings. The van der Waals surface area contributed by atoms with Gasteiger partial charge in [-0.2, -0.15) is 0 Å². The van der Waals surface area contributed by atoms with Gasteiger partial charge in [0.1, 0.15) is 0 Å². The largest absolute Gasteiger partial charge is 0.378 e. The van der Waals surface area contributed by atoms with E-state index in [0.29, 0.717) is 5.92 Å². The molecule has 2 aliphatic rings. The van der Waals surface area contributed by atoms with Crippen molar-refractivity contribution in [3.63, 3.8) is 0 Å². The van der Waals surface area contributed by atoms with Gasteiger partial charge in [-0.15, -0.1) is 0 Å². The van der Waals surface area contributed by atoms with Gasteiger partial charge in [-0.25, -0.2) is 0 Å². The van der Waals surface area contributed by atoms with Crippen molar-refractivity contribution in [1.29, 1.82) is 0 Å². The first-order valence-corrected chi connectivity index (χ1v) is 6.05. The van der Waals surface area contributed by atoms with Crippen molar-refractivity contribution < 1.29 is 9.66 Å². The molecule has 1 aromatic carbocycles. The standard InChI is InChI=1S/C12H15N3O3/c13-10-9-5-6-18-12(9)11(10)14-7-1-3-8(4-2-7)15(16)17/h1-4,9-12,14H,5-6,13H2. The zero-order chi connectivity index (χ0) is 12.7. The van der Waals surface area contributed by atoms with E-state index in [0.717, 1.165) is 18.7 Å². The number of benzene rings is 1. The van der Waals surface area contributed by atoms with Gasteiger partial charge in [0.05, 0.1) is 17.1 Å². The Balaban J connectivity index is 1.68. The van der Waals surface area contributed by atoms with Gasteiger partial charge in [0, 0.05) is 36.4 Å². The number of nitro groups is 1. The number of nitrogens with zero attached hydrogens (tertiary/aromatic N) is 1. The van der Waals surface area contributed by atoms with Gasteiger partial charge in [0.15, 0.2) is 0 Å². The monoisotopic (exact) mass is 249 g/mol. The van der Waals surface area contributed by atoms with Gasteiger partial charge in [-0.1, -0.05) is 0 Å². The number of fused-ring (bicyclic) bond motifs is 1. The molecule has 1 heterocycles. The number of ether oxygens (including phenoxy) is 1. The maximum atomic E-state index is 10.5. The lowest BCUT2D eigenvalue weighted by atomic mass is 9.72. The van der Waals surface area contributed by atoms with E-state index in [1.165, 1.54) is 12.1 Å². The molecule has 0 radical (unpaired) electrons. The molecule has 3 rings (SSSR count). The fourth-order valence-corrected chi connectivity index (χ4v) is 2.80. The number of nitro benzene ring substituents is 1. The molecule has 1 aliphatic carbocycles. The van der Waals surface area contributed by atoms with Crippen LogP contribution in [0.2, 0.25) is 0 Å². The Labute approximate surface area is 104 Å². The lowest BCUT2D eigenvalue weighted by molar-refractivity contribution is -0.384. The Hall–Kier alpha value is -1.66. The Morgan fingerprint density at radius 2 is 2.11 bits per heavy atom. The van der Waals surface area contributed by atoms with Crippen LogP contribution in [-0.4, -0.2) is 29.7 Å². The molecule has 0 amide bonds. The second-order valence-corrected chi connectivity index (χ2v) is 4.84. The molecule has 1 aromatic rings. The summed E-state index contributed by atoms with van der Waals surface area (Å²) in [4.78, 5) is 10.1. The average molecular weight is 249 g/mol. The van der Waals surface area contributed by atoms with E-state index in [2.05, 4.69) is 5.32 Å². The molecule has 4 atom stereocenters. The third-order valence-electron chi connectivity index (χ3n) is 3.86. The highest BCUT2D eigenvalue weighted by Crippen LogP contribution is 2.39. The van der Waals surface area contributed by atoms with Crippen LogP contribution in [0.1, 0.15) is 6.42 Å². The first-order chi connectivity index (χ1) is 8.66. The predicted molar refractivity (Wildman–Crippen MR) is 66.3 cm³/mol. The first kappa shape index (κ1) is 11.4. The van der Waals surface area contributed by atoms with E-state index in [-0.39, 0.29) is 23.9 Å². The third kappa shape index (κ3) is 1.74. The molecular weight excluding hydrogens is 234 g/mol. The molecule has 1 saturated carbocycles. The quantitative estimate of drug-likeness (QED) is 0.619. The summed E-state index contributed by atoms with van der Waals surface area (Å²) in [5.74, 6) is 0.459. The SMILES string of the molecule is NC1C2CCOC2C1Nc1ccc([N+](=O)[O-])cc1. The molecule has 1 saturated heterocycles. The van der Waals surface area contributed by atoms with E-state index in [9.17, 15) is 10.1 Å². The molecule has 0 aromatic heterocycles. The molecule has 1 aliphatic heterocycles. The maximum Gasteiger partial charge on any atom is 0.269 e. The van der Waals surface area contributed by atoms with Crippen molar-refractivity contribution in [2.45, 2.75) is 24.6 Å². The first-order valence-electron chi connectivity index (χ1n) is 6.05. The van der Waals surface area contributed by atoms with Crippen molar-refractivity contribution >= 4 is 11.4 Å². The molecule has 6 heteroatoms. The smallest absolute Gasteiger partial charge is 0.269 e. The summed E-state index contributed by atoms with van der Waals surface area (Å²) in [7, 11) is 0. The van der Waals surface area contributed by atoms with Crippen LogP contribution < -0.4 is 11.1 Å². The Kier molecular flexibility index (Phi) is 2.68. The fourth-order valence-electron chi connectivity index (χ4n) is 2.80. The van der Waals surface area contributed by atoms with Crippen LogP contribution in [0, 0.1) is 16.0 Å². The summed E-state index contributed by atoms with van der Waals surface area (Å²) in [5.41, 5.74) is 7.02. The zero-order valence-corrected chi connectivity index (χ0v) is 9.78. The van der Waals surface area contributed by atoms with E-state index >= 15 is 0 Å². The molecular formula is C12H15N3O3. The summed E-state index contributed by atoms with van der Waals surface area (Å²) < 4.78 is 5.62. The normalized spacial score (nSPS) is 33.6. The summed E-state index contributed by atoms with van der Waals surface area (Å²) in [6, 6.07) is 6.59. The maximum absolute atomic E-state index is 10.5. The van der Waals surface area contributed by atoms with Gasteiger partial charge in [0.2, 0.25) is 0 Å². The van der Waals surface area contributed by atoms with E-state index in [1.807, 2.05) is 0 Å². The van der Waals surface area contributed by atoms with Crippen LogP contribution in [-0.2, 0) is 4.74 Å². The van der Waals surface area contributed by atoms with Crippen LogP contribution in [0.15, 0.2) is 24.3 Å². The van der Waals surface area contributed by atoms with Crippen molar-refractivity contribution in [2.24, 2.45) is 11.7 Å². The second kappa shape index (κ2) is 4.22. The highest BCUT2D eigenvalue weighted by Gasteiger charge is 2.52. The number of nitrogens with two attached hydrogens (primary N) is 1. The van der Waals surface area contributed by atoms with Gasteiger partial charge >= 0.3 is 0 Å². The number of hydrogen-bond donors (Lipinski definition) is 2. The van der Waals surface area contributed by atoms with Crippen molar-refractivity contribution in [3.05, 3.63) is 34.4 Å². The van der Waals surface area contributed by atoms with Crippen molar-refractivity contribution in [1.82, 2.24) is 0 Å². The van der Waals surface area contributed by atoms with E-state index < -0.39 is 4.92 Å². The number of anilines is 1. The zero-order valence-electron chi connectivity index (χ0n) is 9.78. The van der Waals surface area contributed by atoms with Crippen molar-refractivity contribution in [3.8, 4) is 0 Å². The second-order valence-electron chi connectivity index (χ2n) is 4.84. The summed E-state index contributed by atoms with van der Waals surface area (Å²) >= 11 is 0. The van der Waals surface area contributed by atoms with E-state index in [1.54, 1.807) is 12.1 Å². The van der Waals surface area contributed by atoms with Gasteiger partial charge in [-0.3, -0.25) is 10.1 Å². The number of rotatable bonds is 3. The minimum absolute atomic E-state index is 0.0912. The molecule has 3 N–H and O–H groups in total. The van der Waals surface area contributed by atoms with E-state index in [4.69, 9.17) is 10.5 Å². The highest BCUT2D eigenvalue weighted by atomic mass is 16.6. The Bertz CT molecular complexity index is 462.